The molecule has 0 amide bonds. The van der Waals surface area contributed by atoms with Gasteiger partial charge in [-0.25, -0.2) is 27.0 Å². The molecule has 9 nitrogen and oxygen atoms in total. The zero-order valence-corrected chi connectivity index (χ0v) is 16.8. The number of aliphatic imine (C=N–C) groups is 1. The summed E-state index contributed by atoms with van der Waals surface area (Å²) in [5.41, 5.74) is -1.34. The number of alkyl halides is 3. The van der Waals surface area contributed by atoms with Gasteiger partial charge in [0.2, 0.25) is 20.0 Å². The summed E-state index contributed by atoms with van der Waals surface area (Å²) in [5.74, 6) is -0.307. The maximum atomic E-state index is 13.5. The van der Waals surface area contributed by atoms with Crippen LogP contribution in [-0.2, 0) is 26.2 Å². The number of azo groups is 1. The Labute approximate surface area is 169 Å². The van der Waals surface area contributed by atoms with Crippen molar-refractivity contribution in [3.63, 3.8) is 0 Å². The van der Waals surface area contributed by atoms with Crippen molar-refractivity contribution in [3.8, 4) is 11.1 Å². The van der Waals surface area contributed by atoms with Crippen LogP contribution in [0.3, 0.4) is 0 Å². The Balaban J connectivity index is 2.29. The van der Waals surface area contributed by atoms with Gasteiger partial charge < -0.3 is 0 Å². The number of nitrogens with one attached hydrogen (secondary N) is 1. The molecule has 0 radical (unpaired) electrons. The van der Waals surface area contributed by atoms with Crippen LogP contribution < -0.4 is 9.86 Å². The molecule has 14 heteroatoms. The fraction of sp³-hybridized carbons (Fsp3) is 0.188. The summed E-state index contributed by atoms with van der Waals surface area (Å²) in [6.07, 6.45) is -4.05. The lowest BCUT2D eigenvalue weighted by molar-refractivity contribution is -0.139. The van der Waals surface area contributed by atoms with Crippen molar-refractivity contribution in [2.45, 2.75) is 11.1 Å². The van der Waals surface area contributed by atoms with Crippen molar-refractivity contribution in [2.75, 3.05) is 17.6 Å². The van der Waals surface area contributed by atoms with Crippen LogP contribution in [0.25, 0.3) is 11.1 Å². The van der Waals surface area contributed by atoms with Gasteiger partial charge in [-0.2, -0.15) is 18.3 Å². The summed E-state index contributed by atoms with van der Waals surface area (Å²) in [5, 5.41) is 12.4. The van der Waals surface area contributed by atoms with Gasteiger partial charge in [-0.05, 0) is 29.3 Å². The first-order valence-corrected chi connectivity index (χ1v) is 11.5. The Morgan fingerprint density at radius 1 is 1.03 bits per heavy atom. The number of primary sulfonamides is 1. The molecule has 0 fully saturated rings. The van der Waals surface area contributed by atoms with E-state index < -0.39 is 42.2 Å². The number of halogens is 3. The van der Waals surface area contributed by atoms with E-state index in [0.29, 0.717) is 6.07 Å². The first kappa shape index (κ1) is 21.9. The highest BCUT2D eigenvalue weighted by molar-refractivity contribution is 7.92. The topological polar surface area (TPSA) is 143 Å². The number of rotatable bonds is 5. The highest BCUT2D eigenvalue weighted by Gasteiger charge is 2.40. The van der Waals surface area contributed by atoms with E-state index in [9.17, 15) is 30.0 Å². The van der Waals surface area contributed by atoms with E-state index in [0.717, 1.165) is 12.3 Å². The molecule has 2 aromatic carbocycles. The van der Waals surface area contributed by atoms with Crippen molar-refractivity contribution in [2.24, 2.45) is 20.4 Å². The molecule has 30 heavy (non-hydrogen) atoms. The third-order valence-corrected chi connectivity index (χ3v) is 5.52. The van der Waals surface area contributed by atoms with Gasteiger partial charge in [0, 0.05) is 11.3 Å². The van der Waals surface area contributed by atoms with Crippen LogP contribution >= 0.6 is 0 Å². The first-order valence-electron chi connectivity index (χ1n) is 8.05. The minimum Gasteiger partial charge on any atom is -0.284 e. The molecule has 160 valence electrons. The Kier molecular flexibility index (Phi) is 5.43. The molecule has 3 N–H and O–H groups in total. The van der Waals surface area contributed by atoms with Gasteiger partial charge in [0.05, 0.1) is 11.8 Å². The van der Waals surface area contributed by atoms with Crippen molar-refractivity contribution in [1.29, 1.82) is 0 Å². The number of benzene rings is 2. The van der Waals surface area contributed by atoms with E-state index in [4.69, 9.17) is 5.14 Å². The summed E-state index contributed by atoms with van der Waals surface area (Å²) < 4.78 is 89.7. The summed E-state index contributed by atoms with van der Waals surface area (Å²) in [7, 11) is -8.38. The fourth-order valence-corrected chi connectivity index (χ4v) is 4.39. The average molecular weight is 461 g/mol. The van der Waals surface area contributed by atoms with Gasteiger partial charge in [0.15, 0.2) is 12.5 Å². The van der Waals surface area contributed by atoms with Crippen molar-refractivity contribution in [1.82, 2.24) is 0 Å². The number of hydrogen-bond acceptors (Lipinski definition) is 7. The van der Waals surface area contributed by atoms with Gasteiger partial charge in [0.25, 0.3) is 0 Å². The zero-order chi connectivity index (χ0) is 22.3. The lowest BCUT2D eigenvalue weighted by atomic mass is 9.96. The predicted octanol–water partition coefficient (Wildman–Crippen LogP) is 2.56. The maximum absolute atomic E-state index is 13.5. The minimum atomic E-state index is -5.01. The van der Waals surface area contributed by atoms with Crippen LogP contribution in [-0.4, -0.2) is 35.6 Å². The second-order valence-electron chi connectivity index (χ2n) is 6.22. The molecule has 0 bridgehead atoms. The number of sulfonamides is 2. The monoisotopic (exact) mass is 461 g/mol. The van der Waals surface area contributed by atoms with Gasteiger partial charge in [-0.15, -0.1) is 5.11 Å². The lowest BCUT2D eigenvalue weighted by Gasteiger charge is -2.18. The van der Waals surface area contributed by atoms with Crippen molar-refractivity contribution < 1.29 is 30.0 Å². The van der Waals surface area contributed by atoms with Crippen LogP contribution in [0.15, 0.2) is 56.5 Å². The molecule has 0 aromatic heterocycles. The Bertz CT molecular complexity index is 1270. The summed E-state index contributed by atoms with van der Waals surface area (Å²) in [4.78, 5) is 2.70. The van der Waals surface area contributed by atoms with Crippen LogP contribution in [0.2, 0.25) is 0 Å². The third kappa shape index (κ3) is 4.66. The summed E-state index contributed by atoms with van der Waals surface area (Å²) >= 11 is 0. The molecule has 0 saturated heterocycles. The van der Waals surface area contributed by atoms with E-state index in [1.165, 1.54) is 24.3 Å². The molecule has 1 aliphatic rings. The molecular weight excluding hydrogens is 447 g/mol. The summed E-state index contributed by atoms with van der Waals surface area (Å²) in [6.45, 7) is -0.174. The molecule has 1 aliphatic heterocycles. The molecule has 1 heterocycles. The van der Waals surface area contributed by atoms with E-state index in [-0.39, 0.29) is 29.3 Å². The molecule has 0 unspecified atom stereocenters. The van der Waals surface area contributed by atoms with Gasteiger partial charge in [-0.3, -0.25) is 4.72 Å². The van der Waals surface area contributed by atoms with E-state index >= 15 is 0 Å². The third-order valence-electron chi connectivity index (χ3n) is 3.92. The number of nitrogens with zero attached hydrogens (tertiary/aromatic N) is 3. The van der Waals surface area contributed by atoms with Crippen molar-refractivity contribution in [3.05, 3.63) is 47.5 Å². The average Bonchev–Trinajstić information content (AvgIpc) is 3.12. The lowest BCUT2D eigenvalue weighted by Crippen LogP contribution is -2.23. The van der Waals surface area contributed by atoms with Crippen LogP contribution in [0.1, 0.15) is 11.1 Å². The molecule has 0 spiro atoms. The molecular formula is C16H14F3N5O4S2. The zero-order valence-electron chi connectivity index (χ0n) is 15.2. The molecule has 0 aliphatic carbocycles. The largest absolute Gasteiger partial charge is 0.417 e. The Hall–Kier alpha value is -2.84. The Morgan fingerprint density at radius 3 is 2.13 bits per heavy atom. The molecule has 0 saturated carbocycles. The number of nitrogens with two attached hydrogens (primary N) is 1. The van der Waals surface area contributed by atoms with Crippen molar-refractivity contribution >= 4 is 31.6 Å². The predicted molar refractivity (Wildman–Crippen MR) is 103 cm³/mol. The first-order chi connectivity index (χ1) is 13.8. The molecule has 0 atom stereocenters. The normalized spacial score (nSPS) is 14.6. The van der Waals surface area contributed by atoms with E-state index in [1.807, 2.05) is 0 Å². The van der Waals surface area contributed by atoms with Gasteiger partial charge >= 0.3 is 6.18 Å². The number of anilines is 1. The van der Waals surface area contributed by atoms with Gasteiger partial charge in [0.1, 0.15) is 4.90 Å². The van der Waals surface area contributed by atoms with Gasteiger partial charge in [-0.1, -0.05) is 18.2 Å². The highest BCUT2D eigenvalue weighted by atomic mass is 32.2. The second-order valence-corrected chi connectivity index (χ2v) is 9.47. The molecule has 3 rings (SSSR count). The fourth-order valence-electron chi connectivity index (χ4n) is 2.85. The van der Waals surface area contributed by atoms with E-state index in [1.54, 1.807) is 0 Å². The SMILES string of the molecule is CS(=O)(=O)Nc1ccc(-c2ccc(C(F)(F)F)c(S(N)(=O)=O)c2C2=NCN=N2)cc1. The minimum absolute atomic E-state index is 0.0533. The summed E-state index contributed by atoms with van der Waals surface area (Å²) in [6, 6.07) is 7.22. The molecule has 2 aromatic rings. The smallest absolute Gasteiger partial charge is 0.284 e. The van der Waals surface area contributed by atoms with Crippen LogP contribution in [0, 0.1) is 0 Å². The van der Waals surface area contributed by atoms with Crippen LogP contribution in [0.5, 0.6) is 0 Å². The quantitative estimate of drug-likeness (QED) is 0.705. The van der Waals surface area contributed by atoms with E-state index in [2.05, 4.69) is 19.9 Å². The maximum Gasteiger partial charge on any atom is 0.417 e. The standard InChI is InChI=1S/C16H14F3N5O4S2/c1-29(25,26)24-10-4-2-9(3-5-10)11-6-7-12(16(17,18)19)14(30(20,27)28)13(11)15-21-8-22-23-15/h2-7,24H,8H2,1H3,(H2,20,27,28). The second kappa shape index (κ2) is 7.45. The van der Waals surface area contributed by atoms with Crippen LogP contribution in [0.4, 0.5) is 18.9 Å². The number of hydrogen-bond donors (Lipinski definition) is 2. The number of amidine groups is 1. The Morgan fingerprint density at radius 2 is 1.67 bits per heavy atom. The highest BCUT2D eigenvalue weighted by Crippen LogP contribution is 2.40.